The number of benzene rings is 2. The predicted octanol–water partition coefficient (Wildman–Crippen LogP) is 3.63. The Hall–Kier alpha value is -5.74. The number of fused-ring (bicyclic) bond motifs is 2. The smallest absolute Gasteiger partial charge is 0.349 e. The first-order valence-corrected chi connectivity index (χ1v) is 22.6. The monoisotopic (exact) mass is 898 g/mol. The maximum atomic E-state index is 14.7. The second-order valence-corrected chi connectivity index (χ2v) is 17.5. The number of anilines is 2. The molecule has 7 rings (SSSR count). The number of alkyl halides is 2. The number of hydroxylamine groups is 3. The number of nitrogens with one attached hydrogen (secondary N) is 6. The van der Waals surface area contributed by atoms with Crippen LogP contribution in [0.15, 0.2) is 41.6 Å². The third kappa shape index (κ3) is 10.1. The number of nitrogens with zero attached hydrogens (tertiary/aromatic N) is 4. The number of halogens is 2. The van der Waals surface area contributed by atoms with E-state index in [9.17, 15) is 38.0 Å². The standard InChI is InChI=1S/C47H60F2N10O6/c1-29(60)57-22-17-37(36(27-57)45(52-3)58-19-8-10-30-23-34(32(25-50)26-51-2)35(44(48)49)24-39(30)58)54-33-15-20-56(21-16-33)42(62)12-5-4-6-18-53-38-11-7-9-31-28-59(65,47(64)43(31)38)40-13-14-41(61)55-46(40)63/h7,9,11,23-25,32-33,40,44-45,50-54H,6,8,10,12-22,26-28H2,1-3H3,(H,55,61,63). The average Bonchev–Trinajstić information content (AvgIpc) is 3.56. The van der Waals surface area contributed by atoms with Crippen LogP contribution in [0, 0.1) is 22.5 Å². The molecule has 6 N–H and O–H groups in total. The number of aryl methyl sites for hydroxylation is 1. The number of rotatable bonds is 15. The molecule has 2 aromatic carbocycles. The van der Waals surface area contributed by atoms with Crippen molar-refractivity contribution in [3.05, 3.63) is 74.6 Å². The molecule has 5 amide bonds. The van der Waals surface area contributed by atoms with Crippen LogP contribution in [0.4, 0.5) is 20.2 Å². The molecule has 16 nitrogen and oxygen atoms in total. The summed E-state index contributed by atoms with van der Waals surface area (Å²) in [5.41, 5.74) is 5.35. The van der Waals surface area contributed by atoms with Crippen molar-refractivity contribution in [2.45, 2.75) is 102 Å². The Bertz CT molecular complexity index is 2290. The van der Waals surface area contributed by atoms with Crippen molar-refractivity contribution in [3.63, 3.8) is 0 Å². The lowest BCUT2D eigenvalue weighted by Gasteiger charge is -2.43. The van der Waals surface area contributed by atoms with Crippen LogP contribution in [0.1, 0.15) is 103 Å². The van der Waals surface area contributed by atoms with E-state index in [2.05, 4.69) is 43.3 Å². The Morgan fingerprint density at radius 2 is 1.78 bits per heavy atom. The van der Waals surface area contributed by atoms with E-state index in [0.717, 1.165) is 35.4 Å². The van der Waals surface area contributed by atoms with Gasteiger partial charge in [-0.1, -0.05) is 24.1 Å². The third-order valence-electron chi connectivity index (χ3n) is 13.4. The van der Waals surface area contributed by atoms with Gasteiger partial charge in [-0.25, -0.2) is 13.6 Å². The second kappa shape index (κ2) is 20.6. The summed E-state index contributed by atoms with van der Waals surface area (Å²) in [7, 11) is 3.59. The van der Waals surface area contributed by atoms with Gasteiger partial charge in [-0.15, -0.1) is 5.92 Å². The molecule has 5 aliphatic rings. The Morgan fingerprint density at radius 3 is 2.48 bits per heavy atom. The van der Waals surface area contributed by atoms with Gasteiger partial charge >= 0.3 is 5.91 Å². The molecule has 4 atom stereocenters. The van der Waals surface area contributed by atoms with E-state index in [0.29, 0.717) is 88.3 Å². The fourth-order valence-corrected chi connectivity index (χ4v) is 10.0. The minimum absolute atomic E-state index is 0.00586. The maximum absolute atomic E-state index is 14.7. The van der Waals surface area contributed by atoms with Gasteiger partial charge in [0.05, 0.1) is 12.1 Å². The quantitative estimate of drug-likeness (QED) is 0.0381. The Labute approximate surface area is 378 Å². The van der Waals surface area contributed by atoms with Gasteiger partial charge in [0.1, 0.15) is 18.3 Å². The zero-order valence-corrected chi connectivity index (χ0v) is 37.4. The number of carbonyl (C=O) groups is 5. The maximum Gasteiger partial charge on any atom is 0.349 e. The highest BCUT2D eigenvalue weighted by Crippen LogP contribution is 2.40. The summed E-state index contributed by atoms with van der Waals surface area (Å²) in [5.74, 6) is 3.54. The van der Waals surface area contributed by atoms with Crippen molar-refractivity contribution in [2.75, 3.05) is 70.1 Å². The van der Waals surface area contributed by atoms with Crippen molar-refractivity contribution in [2.24, 2.45) is 0 Å². The summed E-state index contributed by atoms with van der Waals surface area (Å²) in [6.07, 6.45) is 2.16. The molecule has 0 radical (unpaired) electrons. The van der Waals surface area contributed by atoms with Crippen molar-refractivity contribution < 1.29 is 37.4 Å². The van der Waals surface area contributed by atoms with Gasteiger partial charge in [0.2, 0.25) is 17.7 Å². The predicted molar refractivity (Wildman–Crippen MR) is 242 cm³/mol. The van der Waals surface area contributed by atoms with E-state index in [1.807, 2.05) is 22.9 Å². The molecule has 2 fully saturated rings. The molecule has 5 aliphatic heterocycles. The molecule has 0 spiro atoms. The van der Waals surface area contributed by atoms with E-state index in [1.54, 1.807) is 38.2 Å². The minimum atomic E-state index is -2.71. The van der Waals surface area contributed by atoms with Crippen LogP contribution >= 0.6 is 0 Å². The normalized spacial score (nSPS) is 22.2. The molecule has 0 aliphatic carbocycles. The van der Waals surface area contributed by atoms with E-state index >= 15 is 0 Å². The number of hydrogen-bond donors (Lipinski definition) is 6. The van der Waals surface area contributed by atoms with E-state index in [1.165, 1.54) is 6.21 Å². The Kier molecular flexibility index (Phi) is 15.0. The zero-order valence-electron chi connectivity index (χ0n) is 37.4. The number of hydrogen-bond acceptors (Lipinski definition) is 12. The lowest BCUT2D eigenvalue weighted by molar-refractivity contribution is -0.825. The molecule has 0 bridgehead atoms. The van der Waals surface area contributed by atoms with Crippen molar-refractivity contribution in [3.8, 4) is 11.8 Å². The lowest BCUT2D eigenvalue weighted by Crippen LogP contribution is -2.60. The summed E-state index contributed by atoms with van der Waals surface area (Å²) in [4.78, 5) is 69.3. The summed E-state index contributed by atoms with van der Waals surface area (Å²) in [5, 5.41) is 37.4. The van der Waals surface area contributed by atoms with Gasteiger partial charge in [-0.05, 0) is 63.0 Å². The van der Waals surface area contributed by atoms with Crippen LogP contribution in [-0.2, 0) is 32.1 Å². The van der Waals surface area contributed by atoms with Gasteiger partial charge in [-0.2, -0.15) is 0 Å². The summed E-state index contributed by atoms with van der Waals surface area (Å²) in [6, 6.07) is 7.49. The Balaban J connectivity index is 0.951. The highest BCUT2D eigenvalue weighted by Gasteiger charge is 2.50. The Morgan fingerprint density at radius 1 is 1.00 bits per heavy atom. The molecule has 0 aromatic heterocycles. The number of quaternary nitrogens is 1. The average molecular weight is 899 g/mol. The first-order valence-electron chi connectivity index (χ1n) is 22.6. The molecule has 2 aromatic rings. The number of imide groups is 1. The second-order valence-electron chi connectivity index (χ2n) is 17.5. The largest absolute Gasteiger partial charge is 0.624 e. The first-order chi connectivity index (χ1) is 31.3. The molecular weight excluding hydrogens is 839 g/mol. The summed E-state index contributed by atoms with van der Waals surface area (Å²) < 4.78 is 28.0. The molecular formula is C47H60F2N10O6. The van der Waals surface area contributed by atoms with Gasteiger partial charge in [0, 0.05) is 125 Å². The number of likely N-dealkylation sites (N-methyl/N-ethyl adjacent to an activating group) is 2. The van der Waals surface area contributed by atoms with Crippen molar-refractivity contribution >= 4 is 47.1 Å². The van der Waals surface area contributed by atoms with Gasteiger partial charge in [0.15, 0.2) is 6.04 Å². The molecule has 0 saturated carbocycles. The van der Waals surface area contributed by atoms with E-state index in [4.69, 9.17) is 5.41 Å². The summed E-state index contributed by atoms with van der Waals surface area (Å²) >= 11 is 0. The van der Waals surface area contributed by atoms with Gasteiger partial charge in [-0.3, -0.25) is 34.5 Å². The third-order valence-corrected chi connectivity index (χ3v) is 13.4. The summed E-state index contributed by atoms with van der Waals surface area (Å²) in [6.45, 7) is 4.77. The molecule has 5 heterocycles. The van der Waals surface area contributed by atoms with Crippen LogP contribution < -0.4 is 31.5 Å². The van der Waals surface area contributed by atoms with Crippen LogP contribution in [0.25, 0.3) is 0 Å². The van der Waals surface area contributed by atoms with E-state index < -0.39 is 40.8 Å². The number of piperidine rings is 2. The number of carbonyl (C=O) groups excluding carboxylic acids is 5. The number of likely N-dealkylation sites (tertiary alicyclic amines) is 1. The zero-order chi connectivity index (χ0) is 46.4. The molecule has 348 valence electrons. The SMILES string of the molecule is CNCC(C=N)c1cc2c(cc1C(F)F)N(C(NC)C1=C(NC3CCN(C(=O)CC#CCCNc4cccc5c4C(=O)[N+]([O-])(C4CCC(=O)NC4=O)C5)CC3)CCN(C(C)=O)C1)CCC2. The van der Waals surface area contributed by atoms with Gasteiger partial charge in [0.25, 0.3) is 12.3 Å². The van der Waals surface area contributed by atoms with Crippen LogP contribution in [0.2, 0.25) is 0 Å². The highest BCUT2D eigenvalue weighted by molar-refractivity contribution is 6.03. The number of amides is 5. The molecule has 4 unspecified atom stereocenters. The van der Waals surface area contributed by atoms with Crippen molar-refractivity contribution in [1.29, 1.82) is 5.41 Å². The fourth-order valence-electron chi connectivity index (χ4n) is 10.0. The first kappa shape index (κ1) is 47.2. The van der Waals surface area contributed by atoms with Crippen LogP contribution in [-0.4, -0.2) is 128 Å². The van der Waals surface area contributed by atoms with Crippen LogP contribution in [0.3, 0.4) is 0 Å². The fraction of sp³-hybridized carbons (Fsp3) is 0.532. The molecule has 65 heavy (non-hydrogen) atoms. The molecule has 2 saturated heterocycles. The van der Waals surface area contributed by atoms with Gasteiger partial charge < -0.3 is 41.3 Å². The topological polar surface area (TPSA) is 202 Å². The highest BCUT2D eigenvalue weighted by atomic mass is 19.3. The lowest BCUT2D eigenvalue weighted by atomic mass is 9.88. The van der Waals surface area contributed by atoms with E-state index in [-0.39, 0.29) is 61.0 Å². The molecule has 18 heteroatoms. The van der Waals surface area contributed by atoms with Crippen LogP contribution in [0.5, 0.6) is 0 Å². The minimum Gasteiger partial charge on any atom is -0.624 e. The van der Waals surface area contributed by atoms with Crippen molar-refractivity contribution in [1.82, 2.24) is 31.1 Å².